The summed E-state index contributed by atoms with van der Waals surface area (Å²) >= 11 is 3.41. The minimum absolute atomic E-state index is 0.0389. The van der Waals surface area contributed by atoms with Crippen LogP contribution in [0.1, 0.15) is 24.4 Å². The van der Waals surface area contributed by atoms with Crippen LogP contribution in [0.15, 0.2) is 28.7 Å². The summed E-state index contributed by atoms with van der Waals surface area (Å²) in [5.74, 6) is -0.159. The number of piperazine rings is 1. The molecule has 2 aliphatic rings. The van der Waals surface area contributed by atoms with Crippen molar-refractivity contribution in [3.05, 3.63) is 34.3 Å². The number of amides is 2. The van der Waals surface area contributed by atoms with Crippen LogP contribution >= 0.6 is 15.9 Å². The van der Waals surface area contributed by atoms with Crippen molar-refractivity contribution < 1.29 is 9.59 Å². The van der Waals surface area contributed by atoms with E-state index in [-0.39, 0.29) is 23.8 Å². The van der Waals surface area contributed by atoms with Crippen LogP contribution in [0.2, 0.25) is 0 Å². The summed E-state index contributed by atoms with van der Waals surface area (Å²) in [4.78, 5) is 28.1. The molecule has 7 heteroatoms. The summed E-state index contributed by atoms with van der Waals surface area (Å²) in [5.41, 5.74) is 0.967. The van der Waals surface area contributed by atoms with Crippen molar-refractivity contribution in [2.75, 3.05) is 32.7 Å². The van der Waals surface area contributed by atoms with E-state index in [0.29, 0.717) is 45.6 Å². The third-order valence-corrected chi connectivity index (χ3v) is 5.42. The van der Waals surface area contributed by atoms with E-state index < -0.39 is 0 Å². The molecule has 1 N–H and O–H groups in total. The van der Waals surface area contributed by atoms with Crippen LogP contribution in [0.25, 0.3) is 0 Å². The van der Waals surface area contributed by atoms with Gasteiger partial charge in [0, 0.05) is 49.5 Å². The van der Waals surface area contributed by atoms with E-state index in [1.54, 1.807) is 0 Å². The Labute approximate surface area is 155 Å². The van der Waals surface area contributed by atoms with Gasteiger partial charge in [-0.25, -0.2) is 0 Å². The van der Waals surface area contributed by atoms with E-state index in [0.717, 1.165) is 10.0 Å². The summed E-state index contributed by atoms with van der Waals surface area (Å²) in [5, 5.41) is 12.3. The van der Waals surface area contributed by atoms with Crippen molar-refractivity contribution in [3.8, 4) is 6.07 Å². The molecule has 2 saturated heterocycles. The topological polar surface area (TPSA) is 76.4 Å². The predicted molar refractivity (Wildman–Crippen MR) is 96.4 cm³/mol. The average Bonchev–Trinajstić information content (AvgIpc) is 2.64. The molecule has 0 bridgehead atoms. The summed E-state index contributed by atoms with van der Waals surface area (Å²) in [6.45, 7) is 3.12. The molecule has 0 aliphatic carbocycles. The molecule has 3 rings (SSSR count). The molecule has 2 amide bonds. The molecule has 25 heavy (non-hydrogen) atoms. The summed E-state index contributed by atoms with van der Waals surface area (Å²) in [7, 11) is 0. The van der Waals surface area contributed by atoms with Gasteiger partial charge in [-0.1, -0.05) is 28.1 Å². The highest BCUT2D eigenvalue weighted by Crippen LogP contribution is 2.24. The molecule has 2 aliphatic heterocycles. The first kappa shape index (κ1) is 17.9. The van der Waals surface area contributed by atoms with E-state index in [9.17, 15) is 14.9 Å². The maximum atomic E-state index is 12.6. The Morgan fingerprint density at radius 1 is 1.24 bits per heavy atom. The van der Waals surface area contributed by atoms with Gasteiger partial charge in [0.1, 0.15) is 6.04 Å². The second-order valence-electron chi connectivity index (χ2n) is 6.48. The first-order valence-corrected chi connectivity index (χ1v) is 9.32. The lowest BCUT2D eigenvalue weighted by Crippen LogP contribution is -2.52. The van der Waals surface area contributed by atoms with Crippen LogP contribution in [0, 0.1) is 17.2 Å². The molecule has 0 radical (unpaired) electrons. The van der Waals surface area contributed by atoms with Gasteiger partial charge >= 0.3 is 0 Å². The molecule has 0 aromatic heterocycles. The van der Waals surface area contributed by atoms with Gasteiger partial charge < -0.3 is 10.2 Å². The highest BCUT2D eigenvalue weighted by molar-refractivity contribution is 9.10. The Hall–Kier alpha value is -1.91. The highest BCUT2D eigenvalue weighted by atomic mass is 79.9. The smallest absolute Gasteiger partial charge is 0.226 e. The molecule has 1 aromatic rings. The number of rotatable bonds is 3. The fraction of sp³-hybridized carbons (Fsp3) is 0.500. The second-order valence-corrected chi connectivity index (χ2v) is 7.40. The molecule has 132 valence electrons. The van der Waals surface area contributed by atoms with Crippen LogP contribution < -0.4 is 5.32 Å². The standard InChI is InChI=1S/C18H21BrN4O2/c19-15-3-1-13(2-4-15)16(12-20)22-7-9-23(10-8-22)18(25)14-5-6-21-17(24)11-14/h1-4,14,16H,5-11H2,(H,21,24)/t14-,16+/m1/s1. The molecule has 0 spiro atoms. The summed E-state index contributed by atoms with van der Waals surface area (Å²) in [6, 6.07) is 9.86. The van der Waals surface area contributed by atoms with E-state index in [4.69, 9.17) is 0 Å². The fourth-order valence-corrected chi connectivity index (χ4v) is 3.73. The Bertz CT molecular complexity index is 677. The molecular weight excluding hydrogens is 384 g/mol. The number of nitrogens with one attached hydrogen (secondary N) is 1. The van der Waals surface area contributed by atoms with Crippen molar-refractivity contribution in [2.45, 2.75) is 18.9 Å². The number of nitriles is 1. The van der Waals surface area contributed by atoms with Crippen molar-refractivity contribution in [2.24, 2.45) is 5.92 Å². The second kappa shape index (κ2) is 7.98. The Kier molecular flexibility index (Phi) is 5.71. The number of hydrogen-bond donors (Lipinski definition) is 1. The van der Waals surface area contributed by atoms with Crippen LogP contribution in [-0.4, -0.2) is 54.3 Å². The number of halogens is 1. The molecule has 0 unspecified atom stereocenters. The van der Waals surface area contributed by atoms with E-state index >= 15 is 0 Å². The molecule has 0 saturated carbocycles. The molecule has 2 fully saturated rings. The zero-order chi connectivity index (χ0) is 17.8. The first-order chi connectivity index (χ1) is 12.1. The Morgan fingerprint density at radius 2 is 1.92 bits per heavy atom. The third-order valence-electron chi connectivity index (χ3n) is 4.90. The van der Waals surface area contributed by atoms with E-state index in [1.165, 1.54) is 0 Å². The Balaban J connectivity index is 1.59. The van der Waals surface area contributed by atoms with Crippen molar-refractivity contribution in [3.63, 3.8) is 0 Å². The molecule has 6 nitrogen and oxygen atoms in total. The van der Waals surface area contributed by atoms with Crippen molar-refractivity contribution in [1.29, 1.82) is 5.26 Å². The van der Waals surface area contributed by atoms with Crippen LogP contribution in [0.3, 0.4) is 0 Å². The predicted octanol–water partition coefficient (Wildman–Crippen LogP) is 1.68. The van der Waals surface area contributed by atoms with Crippen molar-refractivity contribution >= 4 is 27.7 Å². The van der Waals surface area contributed by atoms with Gasteiger partial charge in [-0.05, 0) is 24.1 Å². The SMILES string of the molecule is N#C[C@@H](c1ccc(Br)cc1)N1CCN(C(=O)[C@@H]2CCNC(=O)C2)CC1. The van der Waals surface area contributed by atoms with Gasteiger partial charge in [-0.3, -0.25) is 14.5 Å². The number of carbonyl (C=O) groups is 2. The lowest BCUT2D eigenvalue weighted by molar-refractivity contribution is -0.141. The van der Waals surface area contributed by atoms with Gasteiger partial charge in [0.15, 0.2) is 0 Å². The molecule has 1 aromatic carbocycles. The molecule has 2 heterocycles. The number of nitrogens with zero attached hydrogens (tertiary/aromatic N) is 3. The molecular formula is C18H21BrN4O2. The van der Waals surface area contributed by atoms with Crippen LogP contribution in [0.4, 0.5) is 0 Å². The fourth-order valence-electron chi connectivity index (χ4n) is 3.47. The largest absolute Gasteiger partial charge is 0.356 e. The van der Waals surface area contributed by atoms with Gasteiger partial charge in [-0.15, -0.1) is 0 Å². The molecule has 2 atom stereocenters. The number of piperidine rings is 1. The highest BCUT2D eigenvalue weighted by Gasteiger charge is 2.32. The van der Waals surface area contributed by atoms with Gasteiger partial charge in [-0.2, -0.15) is 5.26 Å². The minimum Gasteiger partial charge on any atom is -0.356 e. The van der Waals surface area contributed by atoms with Crippen LogP contribution in [-0.2, 0) is 9.59 Å². The van der Waals surface area contributed by atoms with Gasteiger partial charge in [0.2, 0.25) is 11.8 Å². The lowest BCUT2D eigenvalue weighted by Gasteiger charge is -2.38. The van der Waals surface area contributed by atoms with Crippen molar-refractivity contribution in [1.82, 2.24) is 15.1 Å². The van der Waals surface area contributed by atoms with E-state index in [2.05, 4.69) is 32.2 Å². The zero-order valence-electron chi connectivity index (χ0n) is 13.9. The normalized spacial score (nSPS) is 22.8. The lowest BCUT2D eigenvalue weighted by atomic mass is 9.95. The quantitative estimate of drug-likeness (QED) is 0.831. The van der Waals surface area contributed by atoms with E-state index in [1.807, 2.05) is 29.2 Å². The average molecular weight is 405 g/mol. The van der Waals surface area contributed by atoms with Crippen LogP contribution in [0.5, 0.6) is 0 Å². The maximum absolute atomic E-state index is 12.6. The summed E-state index contributed by atoms with van der Waals surface area (Å²) < 4.78 is 0.986. The number of carbonyl (C=O) groups excluding carboxylic acids is 2. The van der Waals surface area contributed by atoms with Gasteiger partial charge in [0.05, 0.1) is 6.07 Å². The minimum atomic E-state index is -0.300. The Morgan fingerprint density at radius 3 is 2.52 bits per heavy atom. The van der Waals surface area contributed by atoms with Gasteiger partial charge in [0.25, 0.3) is 0 Å². The first-order valence-electron chi connectivity index (χ1n) is 8.53. The maximum Gasteiger partial charge on any atom is 0.226 e. The number of hydrogen-bond acceptors (Lipinski definition) is 4. The summed E-state index contributed by atoms with van der Waals surface area (Å²) in [6.07, 6.45) is 1.00. The monoisotopic (exact) mass is 404 g/mol. The number of benzene rings is 1. The zero-order valence-corrected chi connectivity index (χ0v) is 15.5. The third kappa shape index (κ3) is 4.20.